The number of nitrogens with zero attached hydrogens (tertiary/aromatic N) is 2. The number of benzene rings is 6. The number of fused-ring (bicyclic) bond motifs is 2. The molecular formula is C50H42Cu2N2O8. The molecule has 10 nitrogen and oxygen atoms in total. The predicted molar refractivity (Wildman–Crippen MR) is 224 cm³/mol. The van der Waals surface area contributed by atoms with Crippen molar-refractivity contribution in [3.05, 3.63) is 229 Å². The second kappa shape index (κ2) is 31.9. The molecule has 322 valence electrons. The first-order valence-electron chi connectivity index (χ1n) is 18.6. The van der Waals surface area contributed by atoms with E-state index in [0.717, 1.165) is 22.3 Å². The molecule has 0 aliphatic heterocycles. The molecule has 0 aliphatic carbocycles. The van der Waals surface area contributed by atoms with Crippen molar-refractivity contribution in [3.8, 4) is 0 Å². The van der Waals surface area contributed by atoms with Crippen LogP contribution in [0.5, 0.6) is 0 Å². The van der Waals surface area contributed by atoms with Gasteiger partial charge in [-0.3, -0.25) is 9.97 Å². The van der Waals surface area contributed by atoms with Gasteiger partial charge in [0, 0.05) is 74.3 Å². The van der Waals surface area contributed by atoms with E-state index in [1.165, 1.54) is 21.5 Å². The summed E-state index contributed by atoms with van der Waals surface area (Å²) in [6.45, 7) is 0. The molecule has 0 spiro atoms. The molecule has 8 rings (SSSR count). The summed E-state index contributed by atoms with van der Waals surface area (Å²) in [6.07, 6.45) is 7.36. The molecule has 2 heterocycles. The van der Waals surface area contributed by atoms with Gasteiger partial charge in [-0.15, -0.1) is 0 Å². The Morgan fingerprint density at radius 2 is 0.516 bits per heavy atom. The Kier molecular flexibility index (Phi) is 27.3. The molecule has 8 aromatic rings. The van der Waals surface area contributed by atoms with Gasteiger partial charge in [-0.25, -0.2) is 0 Å². The van der Waals surface area contributed by atoms with Gasteiger partial charge in [0.1, 0.15) is 0 Å². The molecule has 0 saturated heterocycles. The van der Waals surface area contributed by atoms with E-state index in [2.05, 4.69) is 34.2 Å². The van der Waals surface area contributed by atoms with Crippen LogP contribution < -0.4 is 20.4 Å². The van der Waals surface area contributed by atoms with E-state index in [1.54, 1.807) is 97.1 Å². The summed E-state index contributed by atoms with van der Waals surface area (Å²) < 4.78 is 0. The number of pyridine rings is 2. The maximum atomic E-state index is 10.1. The molecule has 6 aromatic carbocycles. The van der Waals surface area contributed by atoms with Crippen LogP contribution in [0.2, 0.25) is 0 Å². The van der Waals surface area contributed by atoms with Gasteiger partial charge in [-0.2, -0.15) is 0 Å². The van der Waals surface area contributed by atoms with Gasteiger partial charge in [0.2, 0.25) is 0 Å². The van der Waals surface area contributed by atoms with Gasteiger partial charge >= 0.3 is 34.1 Å². The number of carboxylic acids is 4. The van der Waals surface area contributed by atoms with Crippen molar-refractivity contribution in [2.75, 3.05) is 0 Å². The van der Waals surface area contributed by atoms with Gasteiger partial charge in [-0.1, -0.05) is 170 Å². The van der Waals surface area contributed by atoms with Crippen LogP contribution in [-0.4, -0.2) is 33.8 Å². The minimum absolute atomic E-state index is 0. The maximum Gasteiger partial charge on any atom is 2.00 e. The third kappa shape index (κ3) is 24.2. The summed E-state index contributed by atoms with van der Waals surface area (Å²) in [5, 5.41) is 45.1. The first kappa shape index (κ1) is 53.1. The first-order valence-corrected chi connectivity index (χ1v) is 18.6. The summed E-state index contributed by atoms with van der Waals surface area (Å²) in [5.41, 5.74) is 3.12. The van der Waals surface area contributed by atoms with E-state index in [4.69, 9.17) is 0 Å². The Balaban J connectivity index is 0.000000370. The quantitative estimate of drug-likeness (QED) is 0.198. The fraction of sp³-hybridized carbons (Fsp3) is 0.0800. The molecule has 0 unspecified atom stereocenters. The summed E-state index contributed by atoms with van der Waals surface area (Å²) in [4.78, 5) is 48.3. The number of hydrogen-bond donors (Lipinski definition) is 0. The molecule has 2 radical (unpaired) electrons. The molecule has 0 bridgehead atoms. The van der Waals surface area contributed by atoms with Crippen LogP contribution in [0.1, 0.15) is 22.3 Å². The molecule has 0 fully saturated rings. The number of carbonyl (C=O) groups is 4. The molecule has 62 heavy (non-hydrogen) atoms. The van der Waals surface area contributed by atoms with Crippen LogP contribution >= 0.6 is 0 Å². The Morgan fingerprint density at radius 1 is 0.306 bits per heavy atom. The van der Waals surface area contributed by atoms with Crippen LogP contribution in [0.4, 0.5) is 0 Å². The fourth-order valence-electron chi connectivity index (χ4n) is 5.10. The van der Waals surface area contributed by atoms with E-state index < -0.39 is 23.9 Å². The molecule has 0 atom stereocenters. The van der Waals surface area contributed by atoms with Crippen molar-refractivity contribution in [2.24, 2.45) is 0 Å². The number of aromatic nitrogens is 2. The van der Waals surface area contributed by atoms with Crippen LogP contribution in [0, 0.1) is 0 Å². The molecule has 12 heteroatoms. The number of rotatable bonds is 8. The second-order valence-electron chi connectivity index (χ2n) is 12.6. The standard InChI is InChI=1S/2C9H7N.4C8H8O2.2Cu/c2*1-2-4-9-7-10-6-5-8(9)3-1;4*9-8(10)6-7-4-2-1-3-5-7;;/h2*1-7H;4*1-5H,6H2,(H,9,10);;/q;;;;;;2*+2/p-4. The van der Waals surface area contributed by atoms with Gasteiger partial charge in [0.25, 0.3) is 0 Å². The van der Waals surface area contributed by atoms with E-state index in [0.29, 0.717) is 0 Å². The normalized spacial score (nSPS) is 9.16. The number of carboxylic acid groups (broad SMARTS) is 4. The van der Waals surface area contributed by atoms with E-state index in [1.807, 2.05) is 85.5 Å². The number of carbonyl (C=O) groups excluding carboxylic acids is 4. The molecule has 0 amide bonds. The van der Waals surface area contributed by atoms with Crippen LogP contribution in [-0.2, 0) is 79.0 Å². The third-order valence-corrected chi connectivity index (χ3v) is 7.86. The Bertz CT molecular complexity index is 2050. The molecule has 2 aromatic heterocycles. The summed E-state index contributed by atoms with van der Waals surface area (Å²) >= 11 is 0. The van der Waals surface area contributed by atoms with Crippen molar-refractivity contribution in [1.29, 1.82) is 0 Å². The second-order valence-corrected chi connectivity index (χ2v) is 12.6. The Morgan fingerprint density at radius 3 is 0.726 bits per heavy atom. The predicted octanol–water partition coefficient (Wildman–Crippen LogP) is 4.38. The van der Waals surface area contributed by atoms with Gasteiger partial charge in [0.15, 0.2) is 0 Å². The average Bonchev–Trinajstić information content (AvgIpc) is 3.25. The van der Waals surface area contributed by atoms with Gasteiger partial charge < -0.3 is 39.6 Å². The van der Waals surface area contributed by atoms with Crippen molar-refractivity contribution in [2.45, 2.75) is 25.7 Å². The van der Waals surface area contributed by atoms with Crippen molar-refractivity contribution < 1.29 is 73.7 Å². The zero-order valence-electron chi connectivity index (χ0n) is 33.2. The molecule has 0 N–H and O–H groups in total. The average molecular weight is 926 g/mol. The Labute approximate surface area is 381 Å². The monoisotopic (exact) mass is 924 g/mol. The Hall–Kier alpha value is -6.94. The van der Waals surface area contributed by atoms with Crippen LogP contribution in [0.25, 0.3) is 21.5 Å². The van der Waals surface area contributed by atoms with Crippen LogP contribution in [0.15, 0.2) is 207 Å². The molecular weight excluding hydrogens is 884 g/mol. The van der Waals surface area contributed by atoms with Gasteiger partial charge in [-0.05, 0) is 55.9 Å². The largest absolute Gasteiger partial charge is 2.00 e. The molecule has 0 aliphatic rings. The van der Waals surface area contributed by atoms with Crippen molar-refractivity contribution in [3.63, 3.8) is 0 Å². The van der Waals surface area contributed by atoms with Crippen LogP contribution in [0.3, 0.4) is 0 Å². The topological polar surface area (TPSA) is 186 Å². The summed E-state index contributed by atoms with van der Waals surface area (Å²) in [7, 11) is 0. The van der Waals surface area contributed by atoms with Crippen molar-refractivity contribution in [1.82, 2.24) is 9.97 Å². The third-order valence-electron chi connectivity index (χ3n) is 7.86. The van der Waals surface area contributed by atoms with E-state index in [9.17, 15) is 39.6 Å². The fourth-order valence-corrected chi connectivity index (χ4v) is 5.10. The smallest absolute Gasteiger partial charge is 0.550 e. The summed E-state index contributed by atoms with van der Waals surface area (Å²) in [5.74, 6) is -4.14. The van der Waals surface area contributed by atoms with E-state index >= 15 is 0 Å². The zero-order valence-corrected chi connectivity index (χ0v) is 35.1. The molecule has 0 saturated carbocycles. The van der Waals surface area contributed by atoms with Gasteiger partial charge in [0.05, 0.1) is 0 Å². The first-order chi connectivity index (χ1) is 29.1. The number of hydrogen-bond acceptors (Lipinski definition) is 10. The minimum atomic E-state index is -1.04. The van der Waals surface area contributed by atoms with Crippen molar-refractivity contribution >= 4 is 45.4 Å². The minimum Gasteiger partial charge on any atom is -0.550 e. The van der Waals surface area contributed by atoms with E-state index in [-0.39, 0.29) is 59.8 Å². The SMILES string of the molecule is O=C([O-])Cc1ccccc1.O=C([O-])Cc1ccccc1.O=C([O-])Cc1ccccc1.O=C([O-])Cc1ccccc1.[Cu+2].[Cu+2].c1ccc2cnccc2c1.c1ccc2cnccc2c1. The maximum absolute atomic E-state index is 10.1. The zero-order chi connectivity index (χ0) is 43.2. The number of aliphatic carboxylic acids is 4. The summed E-state index contributed by atoms with van der Waals surface area (Å²) in [6, 6.07) is 56.3.